The Morgan fingerprint density at radius 1 is 0.968 bits per heavy atom. The van der Waals surface area contributed by atoms with Crippen molar-refractivity contribution < 1.29 is 36.2 Å². The summed E-state index contributed by atoms with van der Waals surface area (Å²) in [5, 5.41) is 36.4. The molecule has 0 aliphatic heterocycles. The first-order chi connectivity index (χ1) is 14.5. The Morgan fingerprint density at radius 3 is 2.29 bits per heavy atom. The molecule has 1 unspecified atom stereocenters. The van der Waals surface area contributed by atoms with Crippen LogP contribution in [0.4, 0.5) is 5.69 Å². The van der Waals surface area contributed by atoms with Gasteiger partial charge in [-0.15, -0.1) is 0 Å². The van der Waals surface area contributed by atoms with E-state index < -0.39 is 22.8 Å². The Morgan fingerprint density at radius 2 is 1.65 bits per heavy atom. The van der Waals surface area contributed by atoms with Crippen LogP contribution in [-0.2, 0) is 27.6 Å². The third kappa shape index (κ3) is 6.79. The van der Waals surface area contributed by atoms with Crippen molar-refractivity contribution in [2.24, 2.45) is 9.98 Å². The molecule has 0 aliphatic rings. The summed E-state index contributed by atoms with van der Waals surface area (Å²) in [6, 6.07) is 14.8. The van der Waals surface area contributed by atoms with E-state index in [0.717, 1.165) is 0 Å². The predicted octanol–water partition coefficient (Wildman–Crippen LogP) is 1.58. The second-order valence-electron chi connectivity index (χ2n) is 6.22. The first-order valence-electron chi connectivity index (χ1n) is 9.04. The third-order valence-corrected chi connectivity index (χ3v) is 4.16. The maximum absolute atomic E-state index is 12.5. The van der Waals surface area contributed by atoms with E-state index in [4.69, 9.17) is 0 Å². The van der Waals surface area contributed by atoms with Gasteiger partial charge in [0.05, 0.1) is 34.5 Å². The van der Waals surface area contributed by atoms with E-state index in [1.54, 1.807) is 42.6 Å². The number of pyridine rings is 2. The zero-order chi connectivity index (χ0) is 21.3. The van der Waals surface area contributed by atoms with Gasteiger partial charge >= 0.3 is 21.1 Å². The molecule has 0 spiro atoms. The van der Waals surface area contributed by atoms with Gasteiger partial charge in [0.25, 0.3) is 5.69 Å². The smallest absolute Gasteiger partial charge is 0.862 e. The summed E-state index contributed by atoms with van der Waals surface area (Å²) < 4.78 is 0. The minimum absolute atomic E-state index is 0. The minimum Gasteiger partial charge on any atom is -0.862 e. The number of hydrogen-bond donors (Lipinski definition) is 0. The van der Waals surface area contributed by atoms with E-state index in [-0.39, 0.29) is 51.0 Å². The van der Waals surface area contributed by atoms with Crippen LogP contribution < -0.4 is 10.2 Å². The molecule has 9 nitrogen and oxygen atoms in total. The van der Waals surface area contributed by atoms with Gasteiger partial charge in [0.1, 0.15) is 0 Å². The Bertz CT molecular complexity index is 1060. The van der Waals surface area contributed by atoms with E-state index in [1.165, 1.54) is 30.5 Å². The van der Waals surface area contributed by atoms with Gasteiger partial charge < -0.3 is 10.2 Å². The van der Waals surface area contributed by atoms with Gasteiger partial charge in [0.2, 0.25) is 0 Å². The Balaban J connectivity index is 0.00000341. The van der Waals surface area contributed by atoms with Crippen LogP contribution >= 0.6 is 0 Å². The molecule has 160 valence electrons. The molecule has 0 aliphatic carbocycles. The zero-order valence-corrected chi connectivity index (χ0v) is 18.4. The largest absolute Gasteiger partial charge is 2.00 e. The number of benzene rings is 1. The molecule has 1 atom stereocenters. The van der Waals surface area contributed by atoms with Crippen molar-refractivity contribution in [2.45, 2.75) is 19.0 Å². The average Bonchev–Trinajstić information content (AvgIpc) is 2.78. The van der Waals surface area contributed by atoms with Crippen molar-refractivity contribution in [1.82, 2.24) is 9.97 Å². The topological polar surface area (TPSA) is 140 Å². The number of nitrogens with zero attached hydrogens (tertiary/aromatic N) is 5. The van der Waals surface area contributed by atoms with Gasteiger partial charge in [0.15, 0.2) is 0 Å². The maximum atomic E-state index is 12.5. The first kappa shape index (κ1) is 23.8. The molecule has 2 aromatic heterocycles. The number of nitro benzene ring substituents is 1. The fraction of sp³-hybridized carbons (Fsp3) is 0.143. The van der Waals surface area contributed by atoms with Crippen molar-refractivity contribution in [3.8, 4) is 0 Å². The van der Waals surface area contributed by atoms with Crippen LogP contribution in [0.3, 0.4) is 0 Å². The molecule has 0 fully saturated rings. The molecule has 3 aromatic rings. The van der Waals surface area contributed by atoms with Crippen molar-refractivity contribution in [3.05, 3.63) is 100 Å². The van der Waals surface area contributed by atoms with Crippen molar-refractivity contribution >= 4 is 17.5 Å². The number of aliphatic imine (C=N–C) groups is 2. The number of hydrogen-bond acceptors (Lipinski definition) is 8. The van der Waals surface area contributed by atoms with Gasteiger partial charge in [-0.3, -0.25) is 30.1 Å². The fourth-order valence-electron chi connectivity index (χ4n) is 2.75. The van der Waals surface area contributed by atoms with Gasteiger partial charge in [-0.25, -0.2) is 0 Å². The van der Waals surface area contributed by atoms with Gasteiger partial charge in [-0.05, 0) is 36.2 Å². The van der Waals surface area contributed by atoms with E-state index >= 15 is 0 Å². The Labute approximate surface area is 192 Å². The second kappa shape index (κ2) is 11.7. The van der Waals surface area contributed by atoms with E-state index in [2.05, 4.69) is 20.0 Å². The quantitative estimate of drug-likeness (QED) is 0.167. The maximum Gasteiger partial charge on any atom is 2.00 e. The molecule has 1 aromatic carbocycles. The third-order valence-electron chi connectivity index (χ3n) is 4.16. The minimum atomic E-state index is -1.07. The van der Waals surface area contributed by atoms with Crippen molar-refractivity contribution in [2.75, 3.05) is 0 Å². The number of aromatic nitrogens is 2. The molecule has 2 heterocycles. The average molecular weight is 598 g/mol. The van der Waals surface area contributed by atoms with Crippen LogP contribution in [0.2, 0.25) is 0 Å². The van der Waals surface area contributed by atoms with Gasteiger partial charge in [0, 0.05) is 30.8 Å². The Hall–Kier alpha value is -3.45. The molecule has 0 amide bonds. The van der Waals surface area contributed by atoms with Gasteiger partial charge in [-0.2, -0.15) is 0 Å². The summed E-state index contributed by atoms with van der Waals surface area (Å²) in [6.07, 6.45) is 2.73. The van der Waals surface area contributed by atoms with Crippen LogP contribution in [0.25, 0.3) is 0 Å². The summed E-state index contributed by atoms with van der Waals surface area (Å²) in [4.78, 5) is 26.9. The molecular weight excluding hydrogens is 581 g/mol. The Kier molecular flexibility index (Phi) is 8.96. The fourth-order valence-corrected chi connectivity index (χ4v) is 2.75. The molecule has 3 rings (SSSR count). The standard InChI is InChI=1S/C21H19N5O4.Pt/c27-20(24-14-15-7-3-5-11-22-15)13-18(16-8-1-2-10-19(16)26(29)30)25-21(28)17-9-4-6-12-23-17;/h1-12,18H,13-14H2,(H,24,27)(H,25,28);/q;+2/p-2. The van der Waals surface area contributed by atoms with Crippen molar-refractivity contribution in [3.63, 3.8) is 0 Å². The monoisotopic (exact) mass is 598 g/mol. The number of para-hydroxylation sites is 1. The number of nitro groups is 1. The normalized spacial score (nSPS) is 12.6. The molecule has 10 heteroatoms. The molecule has 0 N–H and O–H groups in total. The SMILES string of the molecule is O=[N+]([O-])c1ccccc1C(CC([O-])=NCc1ccccn1)N=C([O-])c1ccccn1.[Pt+2]. The molecule has 0 saturated heterocycles. The molecule has 31 heavy (non-hydrogen) atoms. The number of rotatable bonds is 8. The van der Waals surface area contributed by atoms with Crippen molar-refractivity contribution in [1.29, 1.82) is 0 Å². The summed E-state index contributed by atoms with van der Waals surface area (Å²) in [5.74, 6) is -1.21. The molecule has 0 bridgehead atoms. The molecular formula is C21H17N5O4Pt. The second-order valence-corrected chi connectivity index (χ2v) is 6.22. The van der Waals surface area contributed by atoms with Crippen LogP contribution in [0.15, 0.2) is 83.0 Å². The predicted molar refractivity (Wildman–Crippen MR) is 107 cm³/mol. The van der Waals surface area contributed by atoms with E-state index in [0.29, 0.717) is 5.69 Å². The summed E-state index contributed by atoms with van der Waals surface area (Å²) in [7, 11) is 0. The first-order valence-corrected chi connectivity index (χ1v) is 9.04. The molecule has 0 radical (unpaired) electrons. The summed E-state index contributed by atoms with van der Waals surface area (Å²) in [6.45, 7) is 0.0669. The van der Waals surface area contributed by atoms with Crippen LogP contribution in [0.5, 0.6) is 0 Å². The van der Waals surface area contributed by atoms with Gasteiger partial charge in [-0.1, -0.05) is 24.3 Å². The summed E-state index contributed by atoms with van der Waals surface area (Å²) >= 11 is 0. The van der Waals surface area contributed by atoms with Crippen LogP contribution in [-0.4, -0.2) is 26.7 Å². The van der Waals surface area contributed by atoms with Crippen LogP contribution in [0.1, 0.15) is 29.4 Å². The van der Waals surface area contributed by atoms with E-state index in [9.17, 15) is 20.3 Å². The summed E-state index contributed by atoms with van der Waals surface area (Å²) in [5.41, 5.74) is 0.624. The molecule has 0 saturated carbocycles. The zero-order valence-electron chi connectivity index (χ0n) is 16.1. The van der Waals surface area contributed by atoms with Crippen LogP contribution in [0, 0.1) is 10.1 Å². The van der Waals surface area contributed by atoms with E-state index in [1.807, 2.05) is 0 Å².